The first-order valence-electron chi connectivity index (χ1n) is 7.17. The molecule has 1 unspecified atom stereocenters. The first kappa shape index (κ1) is 13.7. The van der Waals surface area contributed by atoms with E-state index in [2.05, 4.69) is 0 Å². The van der Waals surface area contributed by atoms with Gasteiger partial charge < -0.3 is 9.15 Å². The molecule has 108 valence electrons. The van der Waals surface area contributed by atoms with Gasteiger partial charge in [0.2, 0.25) is 0 Å². The molecule has 0 spiro atoms. The van der Waals surface area contributed by atoms with E-state index in [0.29, 0.717) is 6.42 Å². The van der Waals surface area contributed by atoms with Gasteiger partial charge in [0.15, 0.2) is 5.78 Å². The molecule has 1 fully saturated rings. The molecular formula is C18H18O3. The molecule has 21 heavy (non-hydrogen) atoms. The third-order valence-corrected chi connectivity index (χ3v) is 3.93. The molecule has 0 N–H and O–H groups in total. The van der Waals surface area contributed by atoms with Crippen molar-refractivity contribution < 1.29 is 13.9 Å². The van der Waals surface area contributed by atoms with E-state index >= 15 is 0 Å². The first-order valence-corrected chi connectivity index (χ1v) is 7.17. The van der Waals surface area contributed by atoms with Crippen molar-refractivity contribution in [3.63, 3.8) is 0 Å². The van der Waals surface area contributed by atoms with Crippen LogP contribution in [0.4, 0.5) is 0 Å². The minimum Gasteiger partial charge on any atom is -0.497 e. The fraction of sp³-hybridized carbons (Fsp3) is 0.278. The van der Waals surface area contributed by atoms with E-state index in [1.165, 1.54) is 0 Å². The Morgan fingerprint density at radius 3 is 2.90 bits per heavy atom. The van der Waals surface area contributed by atoms with Crippen LogP contribution in [0.2, 0.25) is 0 Å². The molecule has 3 rings (SSSR count). The lowest BCUT2D eigenvalue weighted by atomic mass is 9.83. The highest BCUT2D eigenvalue weighted by molar-refractivity contribution is 6.00. The summed E-state index contributed by atoms with van der Waals surface area (Å²) in [6.45, 7) is 0. The number of Topliss-reactive ketones (excluding diaryl/α,β-unsaturated/α-hetero) is 1. The molecule has 1 aliphatic rings. The highest BCUT2D eigenvalue weighted by Gasteiger charge is 2.26. The number of ketones is 1. The maximum absolute atomic E-state index is 12.3. The van der Waals surface area contributed by atoms with Crippen molar-refractivity contribution in [1.29, 1.82) is 0 Å². The van der Waals surface area contributed by atoms with Crippen LogP contribution < -0.4 is 4.74 Å². The summed E-state index contributed by atoms with van der Waals surface area (Å²) >= 11 is 0. The maximum atomic E-state index is 12.3. The van der Waals surface area contributed by atoms with Gasteiger partial charge in [0, 0.05) is 12.3 Å². The van der Waals surface area contributed by atoms with Crippen LogP contribution in [0.5, 0.6) is 5.75 Å². The Morgan fingerprint density at radius 1 is 1.29 bits per heavy atom. The van der Waals surface area contributed by atoms with E-state index in [9.17, 15) is 4.79 Å². The number of carbonyl (C=O) groups is 1. The van der Waals surface area contributed by atoms with Crippen molar-refractivity contribution in [3.05, 3.63) is 59.6 Å². The number of methoxy groups -OCH3 is 1. The zero-order chi connectivity index (χ0) is 14.7. The second kappa shape index (κ2) is 6.00. The first-order chi connectivity index (χ1) is 10.3. The summed E-state index contributed by atoms with van der Waals surface area (Å²) in [6, 6.07) is 11.6. The standard InChI is InChI=1S/C18H18O3/c1-20-16-5-2-4-13(11-16)10-14-7-8-15(12-17(14)19)18-6-3-9-21-18/h2-6,9-11,15H,7-8,12H2,1H3. The predicted molar refractivity (Wildman–Crippen MR) is 81.3 cm³/mol. The molecule has 1 aliphatic carbocycles. The van der Waals surface area contributed by atoms with Gasteiger partial charge >= 0.3 is 0 Å². The number of ether oxygens (including phenoxy) is 1. The Hall–Kier alpha value is -2.29. The molecule has 0 amide bonds. The Kier molecular flexibility index (Phi) is 3.91. The Balaban J connectivity index is 1.75. The SMILES string of the molecule is COc1cccc(C=C2CCC(c3ccco3)CC2=O)c1. The van der Waals surface area contributed by atoms with Crippen LogP contribution in [-0.2, 0) is 4.79 Å². The number of hydrogen-bond donors (Lipinski definition) is 0. The molecule has 1 atom stereocenters. The third kappa shape index (κ3) is 3.07. The van der Waals surface area contributed by atoms with Crippen LogP contribution in [0.1, 0.15) is 36.5 Å². The molecule has 1 saturated carbocycles. The summed E-state index contributed by atoms with van der Waals surface area (Å²) in [5.74, 6) is 2.16. The highest BCUT2D eigenvalue weighted by Crippen LogP contribution is 2.34. The number of benzene rings is 1. The molecule has 0 radical (unpaired) electrons. The van der Waals surface area contributed by atoms with Gasteiger partial charge in [-0.25, -0.2) is 0 Å². The van der Waals surface area contributed by atoms with Gasteiger partial charge in [-0.1, -0.05) is 12.1 Å². The smallest absolute Gasteiger partial charge is 0.159 e. The maximum Gasteiger partial charge on any atom is 0.159 e. The summed E-state index contributed by atoms with van der Waals surface area (Å²) in [4.78, 5) is 12.3. The number of allylic oxidation sites excluding steroid dienone is 1. The zero-order valence-electron chi connectivity index (χ0n) is 12.0. The Bertz CT molecular complexity index is 653. The summed E-state index contributed by atoms with van der Waals surface area (Å²) < 4.78 is 10.6. The van der Waals surface area contributed by atoms with Gasteiger partial charge in [-0.15, -0.1) is 0 Å². The van der Waals surface area contributed by atoms with Crippen LogP contribution in [0.15, 0.2) is 52.7 Å². The van der Waals surface area contributed by atoms with Gasteiger partial charge in [-0.3, -0.25) is 4.79 Å². The van der Waals surface area contributed by atoms with Crippen molar-refractivity contribution in [2.45, 2.75) is 25.2 Å². The molecule has 2 aromatic rings. The second-order valence-corrected chi connectivity index (χ2v) is 5.32. The number of furan rings is 1. The quantitative estimate of drug-likeness (QED) is 0.792. The summed E-state index contributed by atoms with van der Waals surface area (Å²) in [5.41, 5.74) is 1.90. The lowest BCUT2D eigenvalue weighted by molar-refractivity contribution is -0.116. The summed E-state index contributed by atoms with van der Waals surface area (Å²) in [5, 5.41) is 0. The van der Waals surface area contributed by atoms with Gasteiger partial charge in [0.1, 0.15) is 11.5 Å². The molecule has 0 saturated heterocycles. The van der Waals surface area contributed by atoms with Crippen LogP contribution in [0.3, 0.4) is 0 Å². The second-order valence-electron chi connectivity index (χ2n) is 5.32. The normalized spacial score (nSPS) is 20.7. The Morgan fingerprint density at radius 2 is 2.19 bits per heavy atom. The van der Waals surface area contributed by atoms with E-state index in [4.69, 9.17) is 9.15 Å². The topological polar surface area (TPSA) is 39.4 Å². The average Bonchev–Trinajstić information content (AvgIpc) is 3.04. The van der Waals surface area contributed by atoms with Crippen LogP contribution in [-0.4, -0.2) is 12.9 Å². The molecule has 1 heterocycles. The molecule has 0 aliphatic heterocycles. The molecule has 1 aromatic heterocycles. The summed E-state index contributed by atoms with van der Waals surface area (Å²) in [6.07, 6.45) is 5.92. The predicted octanol–water partition coefficient (Wildman–Crippen LogP) is 4.21. The van der Waals surface area contributed by atoms with Crippen molar-refractivity contribution in [1.82, 2.24) is 0 Å². The van der Waals surface area contributed by atoms with Crippen molar-refractivity contribution >= 4 is 11.9 Å². The van der Waals surface area contributed by atoms with Crippen molar-refractivity contribution in [3.8, 4) is 5.75 Å². The van der Waals surface area contributed by atoms with E-state index < -0.39 is 0 Å². The lowest BCUT2D eigenvalue weighted by Crippen LogP contribution is -2.15. The third-order valence-electron chi connectivity index (χ3n) is 3.93. The monoisotopic (exact) mass is 282 g/mol. The highest BCUT2D eigenvalue weighted by atomic mass is 16.5. The minimum absolute atomic E-state index is 0.213. The van der Waals surface area contributed by atoms with E-state index in [1.807, 2.05) is 42.5 Å². The van der Waals surface area contributed by atoms with Gasteiger partial charge in [-0.2, -0.15) is 0 Å². The number of carbonyl (C=O) groups excluding carboxylic acids is 1. The van der Waals surface area contributed by atoms with Gasteiger partial charge in [0.05, 0.1) is 13.4 Å². The van der Waals surface area contributed by atoms with E-state index in [-0.39, 0.29) is 11.7 Å². The van der Waals surface area contributed by atoms with Gasteiger partial charge in [0.25, 0.3) is 0 Å². The Labute approximate surface area is 124 Å². The van der Waals surface area contributed by atoms with Gasteiger partial charge in [-0.05, 0) is 54.3 Å². The number of hydrogen-bond acceptors (Lipinski definition) is 3. The number of rotatable bonds is 3. The van der Waals surface area contributed by atoms with Crippen LogP contribution >= 0.6 is 0 Å². The molecule has 0 bridgehead atoms. The largest absolute Gasteiger partial charge is 0.497 e. The lowest BCUT2D eigenvalue weighted by Gasteiger charge is -2.21. The van der Waals surface area contributed by atoms with E-state index in [0.717, 1.165) is 35.5 Å². The van der Waals surface area contributed by atoms with Crippen LogP contribution in [0.25, 0.3) is 6.08 Å². The zero-order valence-corrected chi connectivity index (χ0v) is 12.0. The molecule has 1 aromatic carbocycles. The van der Waals surface area contributed by atoms with Crippen LogP contribution in [0, 0.1) is 0 Å². The summed E-state index contributed by atoms with van der Waals surface area (Å²) in [7, 11) is 1.64. The molecular weight excluding hydrogens is 264 g/mol. The van der Waals surface area contributed by atoms with Crippen molar-refractivity contribution in [2.24, 2.45) is 0 Å². The molecule has 3 heteroatoms. The molecule has 3 nitrogen and oxygen atoms in total. The average molecular weight is 282 g/mol. The van der Waals surface area contributed by atoms with Crippen molar-refractivity contribution in [2.75, 3.05) is 7.11 Å². The fourth-order valence-corrected chi connectivity index (χ4v) is 2.78. The van der Waals surface area contributed by atoms with E-state index in [1.54, 1.807) is 13.4 Å². The fourth-order valence-electron chi connectivity index (χ4n) is 2.78. The minimum atomic E-state index is 0.213.